The van der Waals surface area contributed by atoms with Crippen molar-refractivity contribution >= 4 is 15.6 Å². The van der Waals surface area contributed by atoms with Crippen LogP contribution < -0.4 is 0 Å². The molecular formula is C3H8O8P2. The molecule has 2 saturated heterocycles. The molecule has 2 fully saturated rings. The molecule has 10 heteroatoms. The van der Waals surface area contributed by atoms with Crippen molar-refractivity contribution in [3.63, 3.8) is 0 Å². The highest BCUT2D eigenvalue weighted by molar-refractivity contribution is 7.49. The number of phosphoric ester groups is 1. The van der Waals surface area contributed by atoms with Crippen LogP contribution in [-0.4, -0.2) is 34.0 Å². The van der Waals surface area contributed by atoms with E-state index < -0.39 is 15.6 Å². The van der Waals surface area contributed by atoms with Crippen molar-refractivity contribution in [1.29, 1.82) is 0 Å². The Bertz CT molecular complexity index is 248. The van der Waals surface area contributed by atoms with Crippen LogP contribution in [0, 0.1) is 0 Å². The van der Waals surface area contributed by atoms with Crippen LogP contribution >= 0.6 is 15.6 Å². The maximum absolute atomic E-state index is 10.8. The molecule has 13 heavy (non-hydrogen) atoms. The highest BCUT2D eigenvalue weighted by Gasteiger charge is 2.45. The van der Waals surface area contributed by atoms with Crippen LogP contribution in [-0.2, 0) is 22.7 Å². The van der Waals surface area contributed by atoms with Gasteiger partial charge in [-0.15, -0.1) is 0 Å². The van der Waals surface area contributed by atoms with Gasteiger partial charge < -0.3 is 14.7 Å². The maximum Gasteiger partial charge on any atom is 0.475 e. The summed E-state index contributed by atoms with van der Waals surface area (Å²) in [6, 6.07) is 0. The number of phosphoric acid groups is 2. The van der Waals surface area contributed by atoms with E-state index in [-0.39, 0.29) is 6.10 Å². The van der Waals surface area contributed by atoms with Gasteiger partial charge in [-0.25, -0.2) is 9.13 Å². The van der Waals surface area contributed by atoms with Crippen molar-refractivity contribution in [1.82, 2.24) is 0 Å². The number of fused-ring (bicyclic) bond motifs is 2. The van der Waals surface area contributed by atoms with Crippen molar-refractivity contribution in [3.05, 3.63) is 0 Å². The summed E-state index contributed by atoms with van der Waals surface area (Å²) in [6.45, 7) is 0.856. The molecule has 2 aliphatic rings. The van der Waals surface area contributed by atoms with Gasteiger partial charge in [0.25, 0.3) is 0 Å². The van der Waals surface area contributed by atoms with E-state index in [0.717, 1.165) is 0 Å². The molecule has 2 bridgehead atoms. The minimum atomic E-state index is -4.64. The van der Waals surface area contributed by atoms with Crippen molar-refractivity contribution in [2.45, 2.75) is 6.10 Å². The molecule has 0 saturated carbocycles. The van der Waals surface area contributed by atoms with Gasteiger partial charge in [0.2, 0.25) is 0 Å². The second kappa shape index (κ2) is 3.76. The quantitative estimate of drug-likeness (QED) is 0.484. The fraction of sp³-hybridized carbons (Fsp3) is 1.00. The van der Waals surface area contributed by atoms with Crippen LogP contribution in [0.15, 0.2) is 0 Å². The van der Waals surface area contributed by atoms with E-state index in [9.17, 15) is 4.57 Å². The molecule has 0 unspecified atom stereocenters. The van der Waals surface area contributed by atoms with Gasteiger partial charge in [-0.05, 0) is 0 Å². The maximum atomic E-state index is 10.8. The Morgan fingerprint density at radius 3 is 1.69 bits per heavy atom. The largest absolute Gasteiger partial charge is 0.475 e. The standard InChI is InChI=1S/C3H5O4P.H3O4P/c4-8-5-1-3(7-8)2-6-8;1-5(2,3)4/h3H,1-2H2;(H3,1,2,3,4). The molecule has 0 aromatic carbocycles. The lowest BCUT2D eigenvalue weighted by molar-refractivity contribution is 0.167. The van der Waals surface area contributed by atoms with Crippen LogP contribution in [0.2, 0.25) is 0 Å². The number of hydrogen-bond donors (Lipinski definition) is 3. The van der Waals surface area contributed by atoms with Gasteiger partial charge in [-0.1, -0.05) is 0 Å². The second-order valence-electron chi connectivity index (χ2n) is 2.28. The van der Waals surface area contributed by atoms with Crippen LogP contribution in [0.4, 0.5) is 0 Å². The Kier molecular flexibility index (Phi) is 3.27. The third-order valence-electron chi connectivity index (χ3n) is 1.12. The van der Waals surface area contributed by atoms with Crippen molar-refractivity contribution < 1.29 is 37.4 Å². The summed E-state index contributed by atoms with van der Waals surface area (Å²) in [5.74, 6) is 0. The first-order valence-corrected chi connectivity index (χ1v) is 6.17. The summed E-state index contributed by atoms with van der Waals surface area (Å²) in [6.07, 6.45) is -0.0687. The normalized spacial score (nSPS) is 37.0. The predicted molar refractivity (Wildman–Crippen MR) is 38.6 cm³/mol. The van der Waals surface area contributed by atoms with E-state index in [1.54, 1.807) is 0 Å². The molecule has 2 rings (SSSR count). The molecule has 0 aromatic rings. The van der Waals surface area contributed by atoms with E-state index in [1.807, 2.05) is 0 Å². The van der Waals surface area contributed by atoms with Crippen LogP contribution in [0.25, 0.3) is 0 Å². The topological polar surface area (TPSA) is 123 Å². The summed E-state index contributed by atoms with van der Waals surface area (Å²) in [5.41, 5.74) is 0. The van der Waals surface area contributed by atoms with Gasteiger partial charge in [0.15, 0.2) is 0 Å². The molecule has 78 valence electrons. The first-order valence-electron chi connectivity index (χ1n) is 3.14. The average Bonchev–Trinajstić information content (AvgIpc) is 2.40. The van der Waals surface area contributed by atoms with Gasteiger partial charge in [0.05, 0.1) is 13.2 Å². The van der Waals surface area contributed by atoms with Crippen molar-refractivity contribution in [2.75, 3.05) is 13.2 Å². The molecular weight excluding hydrogens is 226 g/mol. The Morgan fingerprint density at radius 1 is 1.23 bits per heavy atom. The monoisotopic (exact) mass is 234 g/mol. The molecule has 0 aromatic heterocycles. The minimum Gasteiger partial charge on any atom is -0.303 e. The third-order valence-corrected chi connectivity index (χ3v) is 2.60. The van der Waals surface area contributed by atoms with Crippen LogP contribution in [0.5, 0.6) is 0 Å². The fourth-order valence-corrected chi connectivity index (χ4v) is 2.12. The smallest absolute Gasteiger partial charge is 0.303 e. The Balaban J connectivity index is 0.000000149. The van der Waals surface area contributed by atoms with Crippen LogP contribution in [0.3, 0.4) is 0 Å². The third kappa shape index (κ3) is 4.30. The zero-order valence-electron chi connectivity index (χ0n) is 6.27. The SMILES string of the molecule is O=P(O)(O)O.O=P12OCC(CO1)O2. The first-order chi connectivity index (χ1) is 5.79. The lowest BCUT2D eigenvalue weighted by atomic mass is 10.4. The molecule has 8 nitrogen and oxygen atoms in total. The summed E-state index contributed by atoms with van der Waals surface area (Å²) < 4.78 is 33.7. The van der Waals surface area contributed by atoms with Gasteiger partial charge in [-0.3, -0.25) is 13.6 Å². The predicted octanol–water partition coefficient (Wildman–Crippen LogP) is -0.389. The molecule has 0 aliphatic carbocycles. The molecule has 0 atom stereocenters. The van der Waals surface area contributed by atoms with Gasteiger partial charge in [-0.2, -0.15) is 0 Å². The van der Waals surface area contributed by atoms with Gasteiger partial charge in [0.1, 0.15) is 6.10 Å². The Morgan fingerprint density at radius 2 is 1.62 bits per heavy atom. The molecule has 2 aliphatic heterocycles. The zero-order valence-corrected chi connectivity index (χ0v) is 8.06. The molecule has 0 spiro atoms. The first kappa shape index (κ1) is 11.3. The molecule has 0 radical (unpaired) electrons. The van der Waals surface area contributed by atoms with Crippen molar-refractivity contribution in [2.24, 2.45) is 0 Å². The summed E-state index contributed by atoms with van der Waals surface area (Å²) in [7, 11) is -7.62. The van der Waals surface area contributed by atoms with E-state index in [1.165, 1.54) is 0 Å². The van der Waals surface area contributed by atoms with E-state index in [0.29, 0.717) is 13.2 Å². The van der Waals surface area contributed by atoms with E-state index in [2.05, 4.69) is 9.05 Å². The highest BCUT2D eigenvalue weighted by atomic mass is 31.2. The second-order valence-corrected chi connectivity index (χ2v) is 4.93. The lowest BCUT2D eigenvalue weighted by Gasteiger charge is -2.03. The number of rotatable bonds is 0. The summed E-state index contributed by atoms with van der Waals surface area (Å²) >= 11 is 0. The minimum absolute atomic E-state index is 0.0687. The van der Waals surface area contributed by atoms with Gasteiger partial charge >= 0.3 is 15.6 Å². The molecule has 3 N–H and O–H groups in total. The van der Waals surface area contributed by atoms with Crippen molar-refractivity contribution in [3.8, 4) is 0 Å². The highest BCUT2D eigenvalue weighted by Crippen LogP contribution is 2.59. The average molecular weight is 234 g/mol. The van der Waals surface area contributed by atoms with Crippen LogP contribution in [0.1, 0.15) is 0 Å². The Labute approximate surface area is 73.3 Å². The van der Waals surface area contributed by atoms with Gasteiger partial charge in [0, 0.05) is 0 Å². The fourth-order valence-electron chi connectivity index (χ4n) is 0.739. The van der Waals surface area contributed by atoms with E-state index in [4.69, 9.17) is 23.8 Å². The molecule has 2 heterocycles. The lowest BCUT2D eigenvalue weighted by Crippen LogP contribution is -2.12. The summed E-state index contributed by atoms with van der Waals surface area (Å²) in [5, 5.41) is 0. The molecule has 0 amide bonds. The van der Waals surface area contributed by atoms with E-state index >= 15 is 0 Å². The Hall–Kier alpha value is 0.220. The zero-order chi connectivity index (χ0) is 10.1. The number of hydrogen-bond acceptors (Lipinski definition) is 5. The summed E-state index contributed by atoms with van der Waals surface area (Å²) in [4.78, 5) is 21.6.